The van der Waals surface area contributed by atoms with Crippen molar-refractivity contribution < 1.29 is 13.2 Å². The molecule has 146 valence electrons. The van der Waals surface area contributed by atoms with E-state index in [-0.39, 0.29) is 5.91 Å². The first-order valence-corrected chi connectivity index (χ1v) is 11.5. The zero-order valence-corrected chi connectivity index (χ0v) is 17.6. The number of aryl methyl sites for hydroxylation is 1. The van der Waals surface area contributed by atoms with Crippen molar-refractivity contribution in [2.75, 3.05) is 26.2 Å². The van der Waals surface area contributed by atoms with E-state index in [1.54, 1.807) is 17.0 Å². The zero-order chi connectivity index (χ0) is 19.6. The summed E-state index contributed by atoms with van der Waals surface area (Å²) in [5.41, 5.74) is 1.15. The van der Waals surface area contributed by atoms with Crippen LogP contribution in [0.4, 0.5) is 0 Å². The summed E-state index contributed by atoms with van der Waals surface area (Å²) in [6.07, 6.45) is 1.02. The maximum Gasteiger partial charge on any atom is 0.264 e. The van der Waals surface area contributed by atoms with Crippen LogP contribution in [0, 0.1) is 6.92 Å². The van der Waals surface area contributed by atoms with Crippen LogP contribution in [0.25, 0.3) is 0 Å². The summed E-state index contributed by atoms with van der Waals surface area (Å²) >= 11 is 1.48. The monoisotopic (exact) mass is 406 g/mol. The van der Waals surface area contributed by atoms with Gasteiger partial charge < -0.3 is 4.90 Å². The summed E-state index contributed by atoms with van der Waals surface area (Å²) in [7, 11) is -3.52. The molecule has 1 aromatic heterocycles. The Bertz CT molecular complexity index is 896. The van der Waals surface area contributed by atoms with E-state index in [1.807, 2.05) is 31.2 Å². The molecular formula is C20H26N2O3S2. The van der Waals surface area contributed by atoms with Crippen LogP contribution in [0.5, 0.6) is 0 Å². The van der Waals surface area contributed by atoms with Gasteiger partial charge in [0.2, 0.25) is 10.0 Å². The van der Waals surface area contributed by atoms with Gasteiger partial charge in [0, 0.05) is 31.1 Å². The Balaban J connectivity index is 1.66. The van der Waals surface area contributed by atoms with E-state index in [0.717, 1.165) is 16.9 Å². The molecule has 2 heterocycles. The van der Waals surface area contributed by atoms with Gasteiger partial charge in [0.05, 0.1) is 9.77 Å². The van der Waals surface area contributed by atoms with Gasteiger partial charge in [-0.1, -0.05) is 26.0 Å². The lowest BCUT2D eigenvalue weighted by atomic mass is 9.99. The third-order valence-corrected chi connectivity index (χ3v) is 8.08. The summed E-state index contributed by atoms with van der Waals surface area (Å²) in [5, 5.41) is 0. The first kappa shape index (κ1) is 20.0. The van der Waals surface area contributed by atoms with Gasteiger partial charge in [0.1, 0.15) is 0 Å². The highest BCUT2D eigenvalue weighted by atomic mass is 32.2. The third-order valence-electron chi connectivity index (χ3n) is 5.18. The number of hydrogen-bond acceptors (Lipinski definition) is 4. The van der Waals surface area contributed by atoms with Gasteiger partial charge in [-0.2, -0.15) is 4.31 Å². The summed E-state index contributed by atoms with van der Waals surface area (Å²) in [4.78, 5) is 16.4. The van der Waals surface area contributed by atoms with Crippen LogP contribution in [0.3, 0.4) is 0 Å². The fourth-order valence-corrected chi connectivity index (χ4v) is 5.45. The molecule has 0 aliphatic carbocycles. The molecule has 27 heavy (non-hydrogen) atoms. The van der Waals surface area contributed by atoms with Crippen molar-refractivity contribution in [1.82, 2.24) is 9.21 Å². The fraction of sp³-hybridized carbons (Fsp3) is 0.450. The van der Waals surface area contributed by atoms with Crippen molar-refractivity contribution in [2.45, 2.75) is 38.0 Å². The van der Waals surface area contributed by atoms with E-state index < -0.39 is 10.0 Å². The smallest absolute Gasteiger partial charge is 0.264 e. The Hall–Kier alpha value is -1.70. The van der Waals surface area contributed by atoms with Crippen LogP contribution >= 0.6 is 11.3 Å². The Labute approximate surface area is 165 Å². The van der Waals surface area contributed by atoms with E-state index >= 15 is 0 Å². The van der Waals surface area contributed by atoms with E-state index in [1.165, 1.54) is 15.6 Å². The Morgan fingerprint density at radius 3 is 2.22 bits per heavy atom. The topological polar surface area (TPSA) is 57.7 Å². The minimum absolute atomic E-state index is 0.0111. The van der Waals surface area contributed by atoms with Crippen molar-refractivity contribution in [3.63, 3.8) is 0 Å². The molecule has 7 heteroatoms. The SMILES string of the molecule is CC[C@@H](C)c1ccc(S(=O)(=O)N2CCN(C(=O)c3ccc(C)s3)CC2)cc1. The van der Waals surface area contributed by atoms with Crippen LogP contribution < -0.4 is 0 Å². The Kier molecular flexibility index (Phi) is 6.03. The van der Waals surface area contributed by atoms with Crippen LogP contribution in [0.2, 0.25) is 0 Å². The molecule has 1 saturated heterocycles. The molecule has 1 aliphatic rings. The van der Waals surface area contributed by atoms with E-state index in [9.17, 15) is 13.2 Å². The van der Waals surface area contributed by atoms with E-state index in [4.69, 9.17) is 0 Å². The van der Waals surface area contributed by atoms with Gasteiger partial charge >= 0.3 is 0 Å². The number of piperazine rings is 1. The van der Waals surface area contributed by atoms with E-state index in [2.05, 4.69) is 13.8 Å². The number of hydrogen-bond donors (Lipinski definition) is 0. The second-order valence-corrected chi connectivity index (χ2v) is 10.2. The zero-order valence-electron chi connectivity index (χ0n) is 16.0. The van der Waals surface area contributed by atoms with Crippen molar-refractivity contribution in [3.05, 3.63) is 51.7 Å². The molecule has 0 N–H and O–H groups in total. The Morgan fingerprint density at radius 1 is 1.07 bits per heavy atom. The number of carbonyl (C=O) groups excluding carboxylic acids is 1. The molecule has 2 aromatic rings. The number of benzene rings is 1. The molecule has 5 nitrogen and oxygen atoms in total. The largest absolute Gasteiger partial charge is 0.335 e. The van der Waals surface area contributed by atoms with Gasteiger partial charge in [-0.05, 0) is 49.1 Å². The van der Waals surface area contributed by atoms with Crippen molar-refractivity contribution >= 4 is 27.3 Å². The quantitative estimate of drug-likeness (QED) is 0.760. The molecule has 3 rings (SSSR count). The van der Waals surface area contributed by atoms with Gasteiger partial charge in [0.25, 0.3) is 5.91 Å². The van der Waals surface area contributed by atoms with Crippen molar-refractivity contribution in [2.24, 2.45) is 0 Å². The summed E-state index contributed by atoms with van der Waals surface area (Å²) in [5.74, 6) is 0.403. The number of carbonyl (C=O) groups is 1. The number of nitrogens with zero attached hydrogens (tertiary/aromatic N) is 2. The molecule has 0 unspecified atom stereocenters. The molecule has 1 aliphatic heterocycles. The fourth-order valence-electron chi connectivity index (χ4n) is 3.19. The number of sulfonamides is 1. The second-order valence-electron chi connectivity index (χ2n) is 6.98. The lowest BCUT2D eigenvalue weighted by Crippen LogP contribution is -2.50. The lowest BCUT2D eigenvalue weighted by Gasteiger charge is -2.33. The molecule has 0 saturated carbocycles. The van der Waals surface area contributed by atoms with Gasteiger partial charge in [-0.3, -0.25) is 4.79 Å². The normalized spacial score (nSPS) is 17.1. The summed E-state index contributed by atoms with van der Waals surface area (Å²) in [6.45, 7) is 7.71. The number of thiophene rings is 1. The van der Waals surface area contributed by atoms with E-state index in [0.29, 0.717) is 41.9 Å². The first-order chi connectivity index (χ1) is 12.8. The van der Waals surface area contributed by atoms with Crippen LogP contribution in [-0.4, -0.2) is 49.7 Å². The number of rotatable bonds is 5. The average Bonchev–Trinajstić information content (AvgIpc) is 3.13. The standard InChI is InChI=1S/C20H26N2O3S2/c1-4-15(2)17-6-8-18(9-7-17)27(24,25)22-13-11-21(12-14-22)20(23)19-10-5-16(3)26-19/h5-10,15H,4,11-14H2,1-3H3/t15-/m1/s1. The van der Waals surface area contributed by atoms with Gasteiger partial charge in [0.15, 0.2) is 0 Å². The maximum atomic E-state index is 12.9. The van der Waals surface area contributed by atoms with Crippen LogP contribution in [0.15, 0.2) is 41.3 Å². The lowest BCUT2D eigenvalue weighted by molar-refractivity contribution is 0.0703. The molecule has 0 spiro atoms. The molecule has 1 aromatic carbocycles. The van der Waals surface area contributed by atoms with Crippen LogP contribution in [-0.2, 0) is 10.0 Å². The second kappa shape index (κ2) is 8.12. The van der Waals surface area contributed by atoms with Crippen molar-refractivity contribution in [3.8, 4) is 0 Å². The predicted molar refractivity (Wildman–Crippen MR) is 109 cm³/mol. The molecule has 1 amide bonds. The van der Waals surface area contributed by atoms with Gasteiger partial charge in [-0.25, -0.2) is 8.42 Å². The van der Waals surface area contributed by atoms with Gasteiger partial charge in [-0.15, -0.1) is 11.3 Å². The Morgan fingerprint density at radius 2 is 1.70 bits per heavy atom. The molecule has 1 atom stereocenters. The average molecular weight is 407 g/mol. The third kappa shape index (κ3) is 4.25. The summed E-state index contributed by atoms with van der Waals surface area (Å²) < 4.78 is 27.3. The maximum absolute atomic E-state index is 12.9. The summed E-state index contributed by atoms with van der Waals surface area (Å²) in [6, 6.07) is 11.0. The molecule has 0 bridgehead atoms. The molecule has 0 radical (unpaired) electrons. The minimum atomic E-state index is -3.52. The molecular weight excluding hydrogens is 380 g/mol. The highest BCUT2D eigenvalue weighted by Gasteiger charge is 2.30. The van der Waals surface area contributed by atoms with Crippen LogP contribution in [0.1, 0.15) is 46.3 Å². The number of amides is 1. The predicted octanol–water partition coefficient (Wildman–Crippen LogP) is 3.72. The van der Waals surface area contributed by atoms with Crippen molar-refractivity contribution in [1.29, 1.82) is 0 Å². The highest BCUT2D eigenvalue weighted by molar-refractivity contribution is 7.89. The molecule has 1 fully saturated rings. The minimum Gasteiger partial charge on any atom is -0.335 e. The first-order valence-electron chi connectivity index (χ1n) is 9.28. The highest BCUT2D eigenvalue weighted by Crippen LogP contribution is 2.24.